The van der Waals surface area contributed by atoms with Crippen LogP contribution in [0.1, 0.15) is 39.1 Å². The quantitative estimate of drug-likeness (QED) is 0.610. The second kappa shape index (κ2) is 8.83. The van der Waals surface area contributed by atoms with Gasteiger partial charge in [-0.2, -0.15) is 0 Å². The number of carbonyl (C=O) groups is 3. The molecule has 0 saturated carbocycles. The molecular weight excluding hydrogens is 392 g/mol. The Morgan fingerprint density at radius 2 is 1.65 bits per heavy atom. The molecule has 0 unspecified atom stereocenters. The minimum Gasteiger partial charge on any atom is -0.494 e. The fourth-order valence-electron chi connectivity index (χ4n) is 3.70. The van der Waals surface area contributed by atoms with Crippen molar-refractivity contribution in [2.75, 3.05) is 23.9 Å². The highest BCUT2D eigenvalue weighted by atomic mass is 16.5. The highest BCUT2D eigenvalue weighted by Crippen LogP contribution is 2.34. The predicted molar refractivity (Wildman–Crippen MR) is 119 cm³/mol. The molecule has 1 aliphatic heterocycles. The lowest BCUT2D eigenvalue weighted by Crippen LogP contribution is -2.24. The molecule has 0 aliphatic carbocycles. The number of amides is 2. The van der Waals surface area contributed by atoms with Gasteiger partial charge in [-0.25, -0.2) is 0 Å². The van der Waals surface area contributed by atoms with E-state index < -0.39 is 5.91 Å². The van der Waals surface area contributed by atoms with Crippen molar-refractivity contribution in [3.8, 4) is 5.75 Å². The van der Waals surface area contributed by atoms with Gasteiger partial charge in [0.05, 0.1) is 18.4 Å². The Morgan fingerprint density at radius 1 is 0.935 bits per heavy atom. The number of ether oxygens (including phenoxy) is 1. The lowest BCUT2D eigenvalue weighted by atomic mass is 9.98. The summed E-state index contributed by atoms with van der Waals surface area (Å²) in [6.07, 6.45) is 1.33. The summed E-state index contributed by atoms with van der Waals surface area (Å²) in [4.78, 5) is 39.7. The van der Waals surface area contributed by atoms with Crippen molar-refractivity contribution in [3.63, 3.8) is 0 Å². The zero-order chi connectivity index (χ0) is 21.8. The van der Waals surface area contributed by atoms with E-state index in [2.05, 4.69) is 5.32 Å². The van der Waals surface area contributed by atoms with Crippen LogP contribution in [0.25, 0.3) is 0 Å². The molecule has 1 saturated heterocycles. The van der Waals surface area contributed by atoms with Crippen molar-refractivity contribution in [1.29, 1.82) is 0 Å². The van der Waals surface area contributed by atoms with E-state index in [1.165, 1.54) is 7.11 Å². The molecule has 2 amide bonds. The number of methoxy groups -OCH3 is 1. The van der Waals surface area contributed by atoms with Crippen molar-refractivity contribution in [2.45, 2.75) is 12.8 Å². The smallest absolute Gasteiger partial charge is 0.256 e. The number of hydrogen-bond donors (Lipinski definition) is 1. The van der Waals surface area contributed by atoms with Crippen molar-refractivity contribution in [2.24, 2.45) is 0 Å². The summed E-state index contributed by atoms with van der Waals surface area (Å²) in [6.45, 7) is 0.649. The fraction of sp³-hybridized carbons (Fsp3) is 0.160. The van der Waals surface area contributed by atoms with Gasteiger partial charge >= 0.3 is 0 Å². The zero-order valence-electron chi connectivity index (χ0n) is 17.1. The number of carbonyl (C=O) groups excluding carboxylic acids is 3. The van der Waals surface area contributed by atoms with E-state index in [1.54, 1.807) is 71.6 Å². The highest BCUT2D eigenvalue weighted by molar-refractivity contribution is 6.17. The molecule has 4 rings (SSSR count). The number of rotatable bonds is 6. The lowest BCUT2D eigenvalue weighted by molar-refractivity contribution is -0.117. The Kier molecular flexibility index (Phi) is 5.80. The van der Waals surface area contributed by atoms with Crippen molar-refractivity contribution in [1.82, 2.24) is 0 Å². The van der Waals surface area contributed by atoms with E-state index in [0.29, 0.717) is 41.2 Å². The van der Waals surface area contributed by atoms with Crippen molar-refractivity contribution in [3.05, 3.63) is 89.5 Å². The maximum absolute atomic E-state index is 13.0. The van der Waals surface area contributed by atoms with Crippen LogP contribution in [0, 0.1) is 0 Å². The molecule has 156 valence electrons. The van der Waals surface area contributed by atoms with Gasteiger partial charge in [-0.1, -0.05) is 48.5 Å². The van der Waals surface area contributed by atoms with Crippen molar-refractivity contribution >= 4 is 29.0 Å². The third-order valence-corrected chi connectivity index (χ3v) is 5.25. The molecule has 0 radical (unpaired) electrons. The molecule has 3 aromatic rings. The molecular formula is C25H22N2O4. The molecule has 1 aliphatic rings. The third-order valence-electron chi connectivity index (χ3n) is 5.25. The zero-order valence-corrected chi connectivity index (χ0v) is 17.1. The SMILES string of the molecule is COc1cc(NC(=O)c2ccccc2C(=O)c2ccccc2)ccc1N1CCCC1=O. The fourth-order valence-corrected chi connectivity index (χ4v) is 3.70. The number of anilines is 2. The van der Waals surface area contributed by atoms with E-state index in [-0.39, 0.29) is 17.3 Å². The summed E-state index contributed by atoms with van der Waals surface area (Å²) in [5, 5.41) is 2.83. The largest absolute Gasteiger partial charge is 0.494 e. The number of benzene rings is 3. The maximum atomic E-state index is 13.0. The minimum atomic E-state index is -0.396. The summed E-state index contributed by atoms with van der Waals surface area (Å²) in [7, 11) is 1.53. The van der Waals surface area contributed by atoms with Gasteiger partial charge in [0.1, 0.15) is 5.75 Å². The molecule has 1 heterocycles. The average Bonchev–Trinajstić information content (AvgIpc) is 3.24. The minimum absolute atomic E-state index is 0.0587. The number of hydrogen-bond acceptors (Lipinski definition) is 4. The van der Waals surface area contributed by atoms with Crippen LogP contribution in [0.2, 0.25) is 0 Å². The Balaban J connectivity index is 1.59. The molecule has 1 fully saturated rings. The Labute approximate surface area is 180 Å². The monoisotopic (exact) mass is 414 g/mol. The van der Waals surface area contributed by atoms with E-state index >= 15 is 0 Å². The molecule has 3 aromatic carbocycles. The molecule has 0 aromatic heterocycles. The number of nitrogens with zero attached hydrogens (tertiary/aromatic N) is 1. The topological polar surface area (TPSA) is 75.7 Å². The molecule has 1 N–H and O–H groups in total. The molecule has 31 heavy (non-hydrogen) atoms. The van der Waals surface area contributed by atoms with Gasteiger partial charge < -0.3 is 15.0 Å². The molecule has 0 bridgehead atoms. The molecule has 0 atom stereocenters. The normalized spacial score (nSPS) is 13.2. The first-order valence-electron chi connectivity index (χ1n) is 10.1. The maximum Gasteiger partial charge on any atom is 0.256 e. The summed E-state index contributed by atoms with van der Waals surface area (Å²) < 4.78 is 5.45. The molecule has 6 nitrogen and oxygen atoms in total. The van der Waals surface area contributed by atoms with Crippen LogP contribution in [0.4, 0.5) is 11.4 Å². The van der Waals surface area contributed by atoms with Gasteiger partial charge in [-0.15, -0.1) is 0 Å². The second-order valence-electron chi connectivity index (χ2n) is 7.23. The van der Waals surface area contributed by atoms with Crippen LogP contribution in [-0.2, 0) is 4.79 Å². The van der Waals surface area contributed by atoms with Crippen molar-refractivity contribution < 1.29 is 19.1 Å². The first-order valence-corrected chi connectivity index (χ1v) is 10.1. The summed E-state index contributed by atoms with van der Waals surface area (Å²) in [5.41, 5.74) is 2.33. The first-order chi connectivity index (χ1) is 15.1. The Bertz CT molecular complexity index is 1140. The van der Waals surface area contributed by atoms with Crippen LogP contribution in [-0.4, -0.2) is 31.3 Å². The van der Waals surface area contributed by atoms with E-state index in [9.17, 15) is 14.4 Å². The van der Waals surface area contributed by atoms with Gasteiger partial charge in [0.2, 0.25) is 5.91 Å². The first kappa shape index (κ1) is 20.3. The van der Waals surface area contributed by atoms with E-state index in [1.807, 2.05) is 6.07 Å². The summed E-state index contributed by atoms with van der Waals surface area (Å²) in [6, 6.07) is 20.7. The van der Waals surface area contributed by atoms with E-state index in [4.69, 9.17) is 4.74 Å². The number of nitrogens with one attached hydrogen (secondary N) is 1. The summed E-state index contributed by atoms with van der Waals surface area (Å²) >= 11 is 0. The van der Waals surface area contributed by atoms with Gasteiger partial charge in [0.15, 0.2) is 5.78 Å². The van der Waals surface area contributed by atoms with Gasteiger partial charge in [-0.05, 0) is 24.6 Å². The van der Waals surface area contributed by atoms with Gasteiger partial charge in [0, 0.05) is 35.8 Å². The second-order valence-corrected chi connectivity index (χ2v) is 7.23. The van der Waals surface area contributed by atoms with E-state index in [0.717, 1.165) is 6.42 Å². The highest BCUT2D eigenvalue weighted by Gasteiger charge is 2.25. The predicted octanol–water partition coefficient (Wildman–Crippen LogP) is 4.31. The standard InChI is InChI=1S/C25H22N2O4/c1-31-22-16-18(13-14-21(22)27-15-7-12-23(27)28)26-25(30)20-11-6-5-10-19(20)24(29)17-8-3-2-4-9-17/h2-6,8-11,13-14,16H,7,12,15H2,1H3,(H,26,30). The molecule has 0 spiro atoms. The summed E-state index contributed by atoms with van der Waals surface area (Å²) in [5.74, 6) is -0.0520. The average molecular weight is 414 g/mol. The Hall–Kier alpha value is -3.93. The van der Waals surface area contributed by atoms with Crippen LogP contribution in [0.5, 0.6) is 5.75 Å². The van der Waals surface area contributed by atoms with Crippen LogP contribution in [0.15, 0.2) is 72.8 Å². The van der Waals surface area contributed by atoms with Crippen LogP contribution >= 0.6 is 0 Å². The Morgan fingerprint density at radius 3 is 2.32 bits per heavy atom. The van der Waals surface area contributed by atoms with Gasteiger partial charge in [0.25, 0.3) is 5.91 Å². The number of ketones is 1. The van der Waals surface area contributed by atoms with Gasteiger partial charge in [-0.3, -0.25) is 14.4 Å². The molecule has 6 heteroatoms. The van der Waals surface area contributed by atoms with Crippen LogP contribution < -0.4 is 15.0 Å². The van der Waals surface area contributed by atoms with Crippen LogP contribution in [0.3, 0.4) is 0 Å². The lowest BCUT2D eigenvalue weighted by Gasteiger charge is -2.20. The third kappa shape index (κ3) is 4.19.